The Balaban J connectivity index is 2.17. The Bertz CT molecular complexity index is 142. The highest BCUT2D eigenvalue weighted by molar-refractivity contribution is 4.98. The summed E-state index contributed by atoms with van der Waals surface area (Å²) in [6.45, 7) is 7.49. The molecule has 1 saturated heterocycles. The van der Waals surface area contributed by atoms with Crippen LogP contribution in [-0.2, 0) is 4.74 Å². The molecular weight excluding hydrogens is 140 g/mol. The van der Waals surface area contributed by atoms with Crippen molar-refractivity contribution in [3.63, 3.8) is 0 Å². The zero-order valence-corrected chi connectivity index (χ0v) is 7.16. The molecule has 0 amide bonds. The number of ether oxygens (including phenoxy) is 1. The van der Waals surface area contributed by atoms with E-state index in [2.05, 4.69) is 6.58 Å². The maximum absolute atomic E-state index is 9.18. The molecule has 1 rings (SSSR count). The molecule has 1 fully saturated rings. The number of epoxide rings is 1. The number of hydrogen-bond acceptors (Lipinski definition) is 2. The summed E-state index contributed by atoms with van der Waals surface area (Å²) in [4.78, 5) is 0. The quantitative estimate of drug-likeness (QED) is 0.492. The number of aliphatic hydroxyl groups is 1. The summed E-state index contributed by atoms with van der Waals surface area (Å²) in [6.07, 6.45) is 3.09. The van der Waals surface area contributed by atoms with E-state index in [0.29, 0.717) is 12.0 Å². The summed E-state index contributed by atoms with van der Waals surface area (Å²) in [5.41, 5.74) is 0. The van der Waals surface area contributed by atoms with E-state index in [1.54, 1.807) is 0 Å². The predicted molar refractivity (Wildman–Crippen MR) is 44.3 cm³/mol. The first-order chi connectivity index (χ1) is 5.15. The third-order valence-electron chi connectivity index (χ3n) is 2.28. The van der Waals surface area contributed by atoms with Crippen molar-refractivity contribution in [2.75, 3.05) is 0 Å². The largest absolute Gasteiger partial charge is 0.393 e. The van der Waals surface area contributed by atoms with Gasteiger partial charge in [-0.05, 0) is 19.3 Å². The van der Waals surface area contributed by atoms with E-state index in [-0.39, 0.29) is 12.2 Å². The fourth-order valence-corrected chi connectivity index (χ4v) is 1.12. The third kappa shape index (κ3) is 2.31. The summed E-state index contributed by atoms with van der Waals surface area (Å²) in [6, 6.07) is 0. The molecule has 1 heterocycles. The summed E-state index contributed by atoms with van der Waals surface area (Å²) >= 11 is 0. The maximum atomic E-state index is 9.18. The van der Waals surface area contributed by atoms with E-state index in [9.17, 15) is 5.11 Å². The molecule has 2 nitrogen and oxygen atoms in total. The highest BCUT2D eigenvalue weighted by Gasteiger charge is 2.37. The van der Waals surface area contributed by atoms with Gasteiger partial charge < -0.3 is 9.84 Å². The standard InChI is InChI=1S/C9H16O2/c1-4-8-9(11-8)5-6(2)7(3)10/h4,6-10H,1,5H2,2-3H3/t6?,7-,8?,9?/m1/s1. The Morgan fingerprint density at radius 3 is 2.64 bits per heavy atom. The zero-order chi connectivity index (χ0) is 8.43. The van der Waals surface area contributed by atoms with E-state index in [1.165, 1.54) is 0 Å². The molecule has 0 bridgehead atoms. The Hall–Kier alpha value is -0.340. The van der Waals surface area contributed by atoms with Crippen molar-refractivity contribution in [2.45, 2.75) is 38.6 Å². The van der Waals surface area contributed by atoms with Crippen molar-refractivity contribution in [1.82, 2.24) is 0 Å². The summed E-state index contributed by atoms with van der Waals surface area (Å²) in [7, 11) is 0. The van der Waals surface area contributed by atoms with Crippen molar-refractivity contribution >= 4 is 0 Å². The van der Waals surface area contributed by atoms with Gasteiger partial charge in [-0.1, -0.05) is 13.0 Å². The Kier molecular flexibility index (Phi) is 2.68. The van der Waals surface area contributed by atoms with Crippen molar-refractivity contribution in [1.29, 1.82) is 0 Å². The molecule has 2 heteroatoms. The molecule has 0 aliphatic carbocycles. The van der Waals surface area contributed by atoms with E-state index in [1.807, 2.05) is 19.9 Å². The third-order valence-corrected chi connectivity index (χ3v) is 2.28. The van der Waals surface area contributed by atoms with E-state index >= 15 is 0 Å². The van der Waals surface area contributed by atoms with Crippen LogP contribution in [0.15, 0.2) is 12.7 Å². The first kappa shape index (κ1) is 8.75. The molecule has 1 N–H and O–H groups in total. The highest BCUT2D eigenvalue weighted by Crippen LogP contribution is 2.29. The molecule has 0 aromatic heterocycles. The molecule has 11 heavy (non-hydrogen) atoms. The van der Waals surface area contributed by atoms with E-state index < -0.39 is 0 Å². The minimum absolute atomic E-state index is 0.232. The van der Waals surface area contributed by atoms with Crippen LogP contribution < -0.4 is 0 Å². The molecule has 0 aromatic carbocycles. The van der Waals surface area contributed by atoms with E-state index in [0.717, 1.165) is 6.42 Å². The van der Waals surface area contributed by atoms with Crippen LogP contribution in [-0.4, -0.2) is 23.4 Å². The van der Waals surface area contributed by atoms with Gasteiger partial charge in [0.05, 0.1) is 12.2 Å². The smallest absolute Gasteiger partial charge is 0.102 e. The van der Waals surface area contributed by atoms with Crippen LogP contribution in [0.5, 0.6) is 0 Å². The van der Waals surface area contributed by atoms with Crippen LogP contribution in [0.4, 0.5) is 0 Å². The monoisotopic (exact) mass is 156 g/mol. The second-order valence-corrected chi connectivity index (χ2v) is 3.33. The molecule has 64 valence electrons. The van der Waals surface area contributed by atoms with Gasteiger partial charge in [0.1, 0.15) is 6.10 Å². The SMILES string of the molecule is C=CC1OC1CC(C)[C@@H](C)O. The second-order valence-electron chi connectivity index (χ2n) is 3.33. The van der Waals surface area contributed by atoms with Gasteiger partial charge in [0.25, 0.3) is 0 Å². The van der Waals surface area contributed by atoms with Crippen LogP contribution >= 0.6 is 0 Å². The van der Waals surface area contributed by atoms with Gasteiger partial charge in [0.15, 0.2) is 0 Å². The minimum atomic E-state index is -0.232. The summed E-state index contributed by atoms with van der Waals surface area (Å²) < 4.78 is 5.26. The molecule has 0 radical (unpaired) electrons. The molecule has 0 spiro atoms. The second kappa shape index (κ2) is 3.37. The maximum Gasteiger partial charge on any atom is 0.102 e. The lowest BCUT2D eigenvalue weighted by atomic mass is 9.99. The molecule has 4 atom stereocenters. The predicted octanol–water partition coefficient (Wildman–Crippen LogP) is 1.35. The Morgan fingerprint density at radius 2 is 2.27 bits per heavy atom. The Labute approximate surface area is 67.9 Å². The fraction of sp³-hybridized carbons (Fsp3) is 0.778. The van der Waals surface area contributed by atoms with Crippen LogP contribution in [0, 0.1) is 5.92 Å². The lowest BCUT2D eigenvalue weighted by molar-refractivity contribution is 0.124. The lowest BCUT2D eigenvalue weighted by Crippen LogP contribution is -2.15. The van der Waals surface area contributed by atoms with Gasteiger partial charge in [-0.3, -0.25) is 0 Å². The number of aliphatic hydroxyl groups excluding tert-OH is 1. The molecule has 1 aliphatic heterocycles. The average molecular weight is 156 g/mol. The van der Waals surface area contributed by atoms with Crippen molar-refractivity contribution in [3.8, 4) is 0 Å². The van der Waals surface area contributed by atoms with Gasteiger partial charge in [0, 0.05) is 0 Å². The molecule has 1 aliphatic rings. The Morgan fingerprint density at radius 1 is 1.64 bits per heavy atom. The van der Waals surface area contributed by atoms with Crippen LogP contribution in [0.2, 0.25) is 0 Å². The highest BCUT2D eigenvalue weighted by atomic mass is 16.6. The molecule has 0 aromatic rings. The fourth-order valence-electron chi connectivity index (χ4n) is 1.12. The zero-order valence-electron chi connectivity index (χ0n) is 7.16. The topological polar surface area (TPSA) is 32.8 Å². The normalized spacial score (nSPS) is 34.5. The number of hydrogen-bond donors (Lipinski definition) is 1. The lowest BCUT2D eigenvalue weighted by Gasteiger charge is -2.11. The van der Waals surface area contributed by atoms with Crippen molar-refractivity contribution in [3.05, 3.63) is 12.7 Å². The van der Waals surface area contributed by atoms with Crippen LogP contribution in [0.3, 0.4) is 0 Å². The average Bonchev–Trinajstić information content (AvgIpc) is 2.67. The van der Waals surface area contributed by atoms with Gasteiger partial charge in [-0.15, -0.1) is 6.58 Å². The van der Waals surface area contributed by atoms with Crippen molar-refractivity contribution < 1.29 is 9.84 Å². The first-order valence-electron chi connectivity index (χ1n) is 4.11. The molecule has 0 saturated carbocycles. The summed E-state index contributed by atoms with van der Waals surface area (Å²) in [5, 5.41) is 9.18. The van der Waals surface area contributed by atoms with E-state index in [4.69, 9.17) is 4.74 Å². The minimum Gasteiger partial charge on any atom is -0.393 e. The first-order valence-corrected chi connectivity index (χ1v) is 4.11. The van der Waals surface area contributed by atoms with Gasteiger partial charge in [-0.25, -0.2) is 0 Å². The van der Waals surface area contributed by atoms with Crippen LogP contribution in [0.1, 0.15) is 20.3 Å². The van der Waals surface area contributed by atoms with Gasteiger partial charge >= 0.3 is 0 Å². The van der Waals surface area contributed by atoms with Crippen molar-refractivity contribution in [2.24, 2.45) is 5.92 Å². The summed E-state index contributed by atoms with van der Waals surface area (Å²) in [5.74, 6) is 0.324. The van der Waals surface area contributed by atoms with Gasteiger partial charge in [0.2, 0.25) is 0 Å². The van der Waals surface area contributed by atoms with Crippen LogP contribution in [0.25, 0.3) is 0 Å². The molecule has 3 unspecified atom stereocenters. The molecular formula is C9H16O2. The number of rotatable bonds is 4. The van der Waals surface area contributed by atoms with Gasteiger partial charge in [-0.2, -0.15) is 0 Å².